The SMILES string of the molecule is CC[C@@H](N)C(=O)N[C@@H]1COC[C@H]1O. The Morgan fingerprint density at radius 2 is 2.46 bits per heavy atom. The van der Waals surface area contributed by atoms with Crippen LogP contribution in [0.3, 0.4) is 0 Å². The van der Waals surface area contributed by atoms with E-state index in [4.69, 9.17) is 10.5 Å². The first-order chi connectivity index (χ1) is 6.15. The number of carbonyl (C=O) groups excluding carboxylic acids is 1. The molecule has 76 valence electrons. The van der Waals surface area contributed by atoms with E-state index in [0.717, 1.165) is 0 Å². The van der Waals surface area contributed by atoms with Gasteiger partial charge in [-0.1, -0.05) is 6.92 Å². The fourth-order valence-corrected chi connectivity index (χ4v) is 1.16. The summed E-state index contributed by atoms with van der Waals surface area (Å²) in [5.41, 5.74) is 5.51. The largest absolute Gasteiger partial charge is 0.388 e. The van der Waals surface area contributed by atoms with Crippen molar-refractivity contribution < 1.29 is 14.6 Å². The highest BCUT2D eigenvalue weighted by Gasteiger charge is 2.28. The fraction of sp³-hybridized carbons (Fsp3) is 0.875. The molecule has 1 aliphatic rings. The Labute approximate surface area is 77.2 Å². The van der Waals surface area contributed by atoms with Crippen LogP contribution in [0.4, 0.5) is 0 Å². The first-order valence-corrected chi connectivity index (χ1v) is 4.47. The third kappa shape index (κ3) is 2.65. The zero-order chi connectivity index (χ0) is 9.84. The van der Waals surface area contributed by atoms with E-state index in [9.17, 15) is 9.90 Å². The number of hydrogen-bond donors (Lipinski definition) is 3. The Kier molecular flexibility index (Phi) is 3.65. The monoisotopic (exact) mass is 188 g/mol. The minimum Gasteiger partial charge on any atom is -0.388 e. The van der Waals surface area contributed by atoms with Crippen molar-refractivity contribution in [3.8, 4) is 0 Å². The summed E-state index contributed by atoms with van der Waals surface area (Å²) in [5, 5.41) is 12.0. The molecule has 0 unspecified atom stereocenters. The van der Waals surface area contributed by atoms with E-state index in [1.54, 1.807) is 0 Å². The van der Waals surface area contributed by atoms with E-state index >= 15 is 0 Å². The maximum Gasteiger partial charge on any atom is 0.237 e. The molecule has 5 heteroatoms. The Hall–Kier alpha value is -0.650. The molecule has 13 heavy (non-hydrogen) atoms. The van der Waals surface area contributed by atoms with Gasteiger partial charge in [-0.2, -0.15) is 0 Å². The summed E-state index contributed by atoms with van der Waals surface area (Å²) in [6, 6.07) is -0.794. The molecular formula is C8H16N2O3. The highest BCUT2D eigenvalue weighted by atomic mass is 16.5. The molecule has 0 aromatic carbocycles. The lowest BCUT2D eigenvalue weighted by Crippen LogP contribution is -2.49. The molecule has 1 fully saturated rings. The van der Waals surface area contributed by atoms with Gasteiger partial charge in [-0.3, -0.25) is 4.79 Å². The van der Waals surface area contributed by atoms with Gasteiger partial charge in [0.1, 0.15) is 0 Å². The minimum atomic E-state index is -0.604. The highest BCUT2D eigenvalue weighted by Crippen LogP contribution is 2.05. The number of nitrogens with one attached hydrogen (secondary N) is 1. The molecule has 0 spiro atoms. The number of ether oxygens (including phenoxy) is 1. The zero-order valence-electron chi connectivity index (χ0n) is 7.69. The van der Waals surface area contributed by atoms with E-state index in [0.29, 0.717) is 13.0 Å². The van der Waals surface area contributed by atoms with Crippen molar-refractivity contribution >= 4 is 5.91 Å². The first-order valence-electron chi connectivity index (χ1n) is 4.47. The average Bonchev–Trinajstić information content (AvgIpc) is 2.50. The molecule has 1 rings (SSSR count). The van der Waals surface area contributed by atoms with Crippen molar-refractivity contribution in [2.75, 3.05) is 13.2 Å². The van der Waals surface area contributed by atoms with Crippen molar-refractivity contribution in [1.82, 2.24) is 5.32 Å². The first kappa shape index (κ1) is 10.4. The van der Waals surface area contributed by atoms with Crippen LogP contribution in [-0.4, -0.2) is 42.4 Å². The normalized spacial score (nSPS) is 30.1. The predicted octanol–water partition coefficient (Wildman–Crippen LogP) is -1.40. The van der Waals surface area contributed by atoms with Gasteiger partial charge in [0, 0.05) is 0 Å². The van der Waals surface area contributed by atoms with Gasteiger partial charge in [-0.25, -0.2) is 0 Å². The molecule has 1 heterocycles. The zero-order valence-corrected chi connectivity index (χ0v) is 7.69. The average molecular weight is 188 g/mol. The molecule has 1 saturated heterocycles. The quantitative estimate of drug-likeness (QED) is 0.508. The van der Waals surface area contributed by atoms with Gasteiger partial charge in [0.2, 0.25) is 5.91 Å². The molecule has 4 N–H and O–H groups in total. The van der Waals surface area contributed by atoms with Gasteiger partial charge in [0.25, 0.3) is 0 Å². The number of aliphatic hydroxyl groups excluding tert-OH is 1. The lowest BCUT2D eigenvalue weighted by molar-refractivity contribution is -0.123. The third-order valence-electron chi connectivity index (χ3n) is 2.15. The number of rotatable bonds is 3. The van der Waals surface area contributed by atoms with Gasteiger partial charge < -0.3 is 20.9 Å². The molecule has 0 aliphatic carbocycles. The fourth-order valence-electron chi connectivity index (χ4n) is 1.16. The number of hydrogen-bond acceptors (Lipinski definition) is 4. The van der Waals surface area contributed by atoms with E-state index in [1.807, 2.05) is 6.92 Å². The third-order valence-corrected chi connectivity index (χ3v) is 2.15. The summed E-state index contributed by atoms with van der Waals surface area (Å²) in [7, 11) is 0. The molecule has 0 aromatic rings. The number of aliphatic hydroxyl groups is 1. The molecule has 0 saturated carbocycles. The van der Waals surface area contributed by atoms with Gasteiger partial charge in [0.05, 0.1) is 31.4 Å². The smallest absolute Gasteiger partial charge is 0.237 e. The van der Waals surface area contributed by atoms with Crippen LogP contribution in [-0.2, 0) is 9.53 Å². The van der Waals surface area contributed by atoms with E-state index in [-0.39, 0.29) is 18.6 Å². The maximum atomic E-state index is 11.3. The van der Waals surface area contributed by atoms with Crippen LogP contribution in [0.15, 0.2) is 0 Å². The molecule has 0 radical (unpaired) electrons. The summed E-state index contributed by atoms with van der Waals surface area (Å²) in [5.74, 6) is -0.225. The van der Waals surface area contributed by atoms with Crippen molar-refractivity contribution in [2.24, 2.45) is 5.73 Å². The minimum absolute atomic E-state index is 0.225. The molecule has 1 amide bonds. The maximum absolute atomic E-state index is 11.3. The summed E-state index contributed by atoms with van der Waals surface area (Å²) in [6.07, 6.45) is -0.0109. The Bertz CT molecular complexity index is 186. The lowest BCUT2D eigenvalue weighted by atomic mass is 10.1. The van der Waals surface area contributed by atoms with Crippen molar-refractivity contribution in [3.63, 3.8) is 0 Å². The summed E-state index contributed by atoms with van der Waals surface area (Å²) in [6.45, 7) is 2.49. The van der Waals surface area contributed by atoms with E-state index in [2.05, 4.69) is 5.32 Å². The van der Waals surface area contributed by atoms with Crippen molar-refractivity contribution in [2.45, 2.75) is 31.5 Å². The number of amides is 1. The summed E-state index contributed by atoms with van der Waals surface area (Å²) in [4.78, 5) is 11.3. The summed E-state index contributed by atoms with van der Waals surface area (Å²) >= 11 is 0. The molecular weight excluding hydrogens is 172 g/mol. The van der Waals surface area contributed by atoms with Crippen LogP contribution in [0.5, 0.6) is 0 Å². The van der Waals surface area contributed by atoms with Crippen molar-refractivity contribution in [3.05, 3.63) is 0 Å². The summed E-state index contributed by atoms with van der Waals surface area (Å²) < 4.78 is 4.98. The number of carbonyl (C=O) groups is 1. The Balaban J connectivity index is 2.35. The molecule has 5 nitrogen and oxygen atoms in total. The van der Waals surface area contributed by atoms with Crippen LogP contribution in [0.1, 0.15) is 13.3 Å². The van der Waals surface area contributed by atoms with Crippen LogP contribution in [0.25, 0.3) is 0 Å². The van der Waals surface area contributed by atoms with Gasteiger partial charge in [-0.05, 0) is 6.42 Å². The van der Waals surface area contributed by atoms with Gasteiger partial charge >= 0.3 is 0 Å². The second-order valence-electron chi connectivity index (χ2n) is 3.23. The van der Waals surface area contributed by atoms with Crippen LogP contribution in [0.2, 0.25) is 0 Å². The second-order valence-corrected chi connectivity index (χ2v) is 3.23. The Morgan fingerprint density at radius 1 is 1.77 bits per heavy atom. The standard InChI is InChI=1S/C8H16N2O3/c1-2-5(9)8(12)10-6-3-13-4-7(6)11/h5-7,11H,2-4,9H2,1H3,(H,10,12)/t5-,6-,7-/m1/s1. The van der Waals surface area contributed by atoms with Crippen LogP contribution in [0, 0.1) is 0 Å². The molecule has 3 atom stereocenters. The second kappa shape index (κ2) is 4.55. The predicted molar refractivity (Wildman–Crippen MR) is 47.0 cm³/mol. The van der Waals surface area contributed by atoms with E-state index in [1.165, 1.54) is 0 Å². The van der Waals surface area contributed by atoms with Gasteiger partial charge in [-0.15, -0.1) is 0 Å². The number of nitrogens with two attached hydrogens (primary N) is 1. The Morgan fingerprint density at radius 3 is 2.92 bits per heavy atom. The van der Waals surface area contributed by atoms with E-state index < -0.39 is 12.1 Å². The molecule has 0 aromatic heterocycles. The lowest BCUT2D eigenvalue weighted by Gasteiger charge is -2.16. The highest BCUT2D eigenvalue weighted by molar-refractivity contribution is 5.81. The molecule has 1 aliphatic heterocycles. The van der Waals surface area contributed by atoms with Crippen molar-refractivity contribution in [1.29, 1.82) is 0 Å². The topological polar surface area (TPSA) is 84.6 Å². The molecule has 0 bridgehead atoms. The van der Waals surface area contributed by atoms with Crippen LogP contribution < -0.4 is 11.1 Å². The van der Waals surface area contributed by atoms with Crippen LogP contribution >= 0.6 is 0 Å². The van der Waals surface area contributed by atoms with Gasteiger partial charge in [0.15, 0.2) is 0 Å².